The van der Waals surface area contributed by atoms with E-state index in [0.29, 0.717) is 23.0 Å². The number of benzene rings is 4. The minimum Gasteiger partial charge on any atom is -0.457 e. The Balaban J connectivity index is 1.59. The second-order valence-corrected chi connectivity index (χ2v) is 9.23. The van der Waals surface area contributed by atoms with Gasteiger partial charge in [-0.15, -0.1) is 0 Å². The molecule has 0 spiro atoms. The predicted octanol–water partition coefficient (Wildman–Crippen LogP) is 6.72. The monoisotopic (exact) mass is 430 g/mol. The van der Waals surface area contributed by atoms with Crippen LogP contribution in [0.5, 0.6) is 23.0 Å². The number of hydrogen-bond donors (Lipinski definition) is 0. The molecule has 0 aliphatic heterocycles. The van der Waals surface area contributed by atoms with Crippen LogP contribution in [-0.4, -0.2) is 8.42 Å². The lowest BCUT2D eigenvalue weighted by atomic mass is 10.2. The van der Waals surface area contributed by atoms with Gasteiger partial charge in [0.1, 0.15) is 23.0 Å². The summed E-state index contributed by atoms with van der Waals surface area (Å²) in [4.78, 5) is 0.314. The van der Waals surface area contributed by atoms with Crippen LogP contribution in [0.3, 0.4) is 0 Å². The third-order valence-corrected chi connectivity index (χ3v) is 6.49. The average Bonchev–Trinajstić information content (AvgIpc) is 2.77. The number of rotatable bonds is 6. The number of aryl methyl sites for hydroxylation is 2. The van der Waals surface area contributed by atoms with Gasteiger partial charge in [0.15, 0.2) is 0 Å². The van der Waals surface area contributed by atoms with E-state index in [2.05, 4.69) is 0 Å². The lowest BCUT2D eigenvalue weighted by Crippen LogP contribution is -2.02. The SMILES string of the molecule is Cc1ccc(Oc2cccc(S(=O)(=O)c3cccc(Oc4ccc(C)cc4)c3)c2)cc1. The van der Waals surface area contributed by atoms with Gasteiger partial charge in [-0.05, 0) is 74.5 Å². The first-order valence-electron chi connectivity index (χ1n) is 9.84. The van der Waals surface area contributed by atoms with Crippen molar-refractivity contribution in [3.8, 4) is 23.0 Å². The molecule has 0 fully saturated rings. The molecular weight excluding hydrogens is 408 g/mol. The molecule has 0 saturated heterocycles. The summed E-state index contributed by atoms with van der Waals surface area (Å²) < 4.78 is 38.1. The van der Waals surface area contributed by atoms with Gasteiger partial charge in [0.25, 0.3) is 0 Å². The van der Waals surface area contributed by atoms with Crippen LogP contribution < -0.4 is 9.47 Å². The van der Waals surface area contributed by atoms with Crippen molar-refractivity contribution in [2.24, 2.45) is 0 Å². The molecule has 4 rings (SSSR count). The van der Waals surface area contributed by atoms with E-state index in [-0.39, 0.29) is 9.79 Å². The molecule has 4 nitrogen and oxygen atoms in total. The van der Waals surface area contributed by atoms with Gasteiger partial charge in [-0.2, -0.15) is 0 Å². The largest absolute Gasteiger partial charge is 0.457 e. The van der Waals surface area contributed by atoms with E-state index in [0.717, 1.165) is 11.1 Å². The van der Waals surface area contributed by atoms with Crippen LogP contribution in [0.2, 0.25) is 0 Å². The molecular formula is C26H22O4S. The second kappa shape index (κ2) is 8.66. The highest BCUT2D eigenvalue weighted by Gasteiger charge is 2.19. The average molecular weight is 431 g/mol. The van der Waals surface area contributed by atoms with Crippen molar-refractivity contribution in [3.63, 3.8) is 0 Å². The maximum atomic E-state index is 13.2. The van der Waals surface area contributed by atoms with Crippen LogP contribution in [0.25, 0.3) is 0 Å². The maximum Gasteiger partial charge on any atom is 0.206 e. The summed E-state index contributed by atoms with van der Waals surface area (Å²) in [5.74, 6) is 2.20. The van der Waals surface area contributed by atoms with Gasteiger partial charge >= 0.3 is 0 Å². The Morgan fingerprint density at radius 1 is 0.516 bits per heavy atom. The zero-order valence-corrected chi connectivity index (χ0v) is 18.1. The van der Waals surface area contributed by atoms with E-state index in [1.54, 1.807) is 36.4 Å². The highest BCUT2D eigenvalue weighted by molar-refractivity contribution is 7.91. The normalized spacial score (nSPS) is 11.2. The molecule has 0 amide bonds. The van der Waals surface area contributed by atoms with Crippen LogP contribution in [0.1, 0.15) is 11.1 Å². The van der Waals surface area contributed by atoms with Crippen molar-refractivity contribution in [3.05, 3.63) is 108 Å². The zero-order valence-electron chi connectivity index (χ0n) is 17.3. The van der Waals surface area contributed by atoms with Crippen LogP contribution in [0.15, 0.2) is 107 Å². The maximum absolute atomic E-state index is 13.2. The Kier molecular flexibility index (Phi) is 5.78. The fraction of sp³-hybridized carbons (Fsp3) is 0.0769. The molecule has 0 aliphatic rings. The molecule has 0 radical (unpaired) electrons. The van der Waals surface area contributed by atoms with Gasteiger partial charge in [0.2, 0.25) is 9.84 Å². The fourth-order valence-electron chi connectivity index (χ4n) is 3.03. The Bertz CT molecular complexity index is 1200. The van der Waals surface area contributed by atoms with Crippen molar-refractivity contribution in [1.82, 2.24) is 0 Å². The Hall–Kier alpha value is -3.57. The van der Waals surface area contributed by atoms with E-state index >= 15 is 0 Å². The summed E-state index contributed by atoms with van der Waals surface area (Å²) in [5.41, 5.74) is 2.24. The minimum atomic E-state index is -3.74. The molecule has 4 aromatic carbocycles. The quantitative estimate of drug-likeness (QED) is 0.341. The zero-order chi connectivity index (χ0) is 21.8. The van der Waals surface area contributed by atoms with E-state index in [1.165, 1.54) is 12.1 Å². The van der Waals surface area contributed by atoms with Gasteiger partial charge in [0, 0.05) is 0 Å². The Morgan fingerprint density at radius 2 is 0.903 bits per heavy atom. The van der Waals surface area contributed by atoms with Crippen molar-refractivity contribution >= 4 is 9.84 Å². The summed E-state index contributed by atoms with van der Waals surface area (Å²) in [6.07, 6.45) is 0. The van der Waals surface area contributed by atoms with Crippen LogP contribution in [0.4, 0.5) is 0 Å². The highest BCUT2D eigenvalue weighted by Crippen LogP contribution is 2.30. The first-order chi connectivity index (χ1) is 14.9. The van der Waals surface area contributed by atoms with Crippen molar-refractivity contribution in [2.75, 3.05) is 0 Å². The van der Waals surface area contributed by atoms with Gasteiger partial charge in [-0.1, -0.05) is 47.5 Å². The lowest BCUT2D eigenvalue weighted by Gasteiger charge is -2.11. The van der Waals surface area contributed by atoms with Crippen LogP contribution >= 0.6 is 0 Å². The summed E-state index contributed by atoms with van der Waals surface area (Å²) >= 11 is 0. The second-order valence-electron chi connectivity index (χ2n) is 7.28. The summed E-state index contributed by atoms with van der Waals surface area (Å²) in [6, 6.07) is 28.1. The molecule has 0 unspecified atom stereocenters. The van der Waals surface area contributed by atoms with Crippen molar-refractivity contribution < 1.29 is 17.9 Å². The first kappa shape index (κ1) is 20.7. The first-order valence-corrected chi connectivity index (χ1v) is 11.3. The smallest absolute Gasteiger partial charge is 0.206 e. The van der Waals surface area contributed by atoms with Gasteiger partial charge < -0.3 is 9.47 Å². The van der Waals surface area contributed by atoms with E-state index in [1.807, 2.05) is 62.4 Å². The lowest BCUT2D eigenvalue weighted by molar-refractivity contribution is 0.480. The number of ether oxygens (including phenoxy) is 2. The third-order valence-electron chi connectivity index (χ3n) is 4.74. The molecule has 0 aromatic heterocycles. The van der Waals surface area contributed by atoms with E-state index in [9.17, 15) is 8.42 Å². The Morgan fingerprint density at radius 3 is 1.29 bits per heavy atom. The van der Waals surface area contributed by atoms with E-state index < -0.39 is 9.84 Å². The molecule has 0 bridgehead atoms. The summed E-state index contributed by atoms with van der Waals surface area (Å²) in [6.45, 7) is 3.99. The number of hydrogen-bond acceptors (Lipinski definition) is 4. The minimum absolute atomic E-state index is 0.157. The van der Waals surface area contributed by atoms with Gasteiger partial charge in [-0.3, -0.25) is 0 Å². The predicted molar refractivity (Wildman–Crippen MR) is 121 cm³/mol. The highest BCUT2D eigenvalue weighted by atomic mass is 32.2. The van der Waals surface area contributed by atoms with Gasteiger partial charge in [-0.25, -0.2) is 8.42 Å². The molecule has 4 aromatic rings. The molecule has 0 atom stereocenters. The van der Waals surface area contributed by atoms with Gasteiger partial charge in [0.05, 0.1) is 9.79 Å². The summed E-state index contributed by atoms with van der Waals surface area (Å²) in [5, 5.41) is 0. The molecule has 156 valence electrons. The molecule has 0 heterocycles. The standard InChI is InChI=1S/C26H22O4S/c1-19-9-13-21(14-10-19)29-23-5-3-7-25(17-23)31(27,28)26-8-4-6-24(18-26)30-22-15-11-20(2)12-16-22/h3-18H,1-2H3. The van der Waals surface area contributed by atoms with E-state index in [4.69, 9.17) is 9.47 Å². The Labute approximate surface area is 182 Å². The number of sulfone groups is 1. The molecule has 5 heteroatoms. The molecule has 0 aliphatic carbocycles. The summed E-state index contributed by atoms with van der Waals surface area (Å²) in [7, 11) is -3.74. The molecule has 0 saturated carbocycles. The topological polar surface area (TPSA) is 52.6 Å². The molecule has 0 N–H and O–H groups in total. The van der Waals surface area contributed by atoms with Crippen molar-refractivity contribution in [2.45, 2.75) is 23.6 Å². The van der Waals surface area contributed by atoms with Crippen LogP contribution in [0, 0.1) is 13.8 Å². The van der Waals surface area contributed by atoms with Crippen LogP contribution in [-0.2, 0) is 9.84 Å². The van der Waals surface area contributed by atoms with Crippen molar-refractivity contribution in [1.29, 1.82) is 0 Å². The molecule has 31 heavy (non-hydrogen) atoms. The third kappa shape index (κ3) is 4.95. The fourth-order valence-corrected chi connectivity index (χ4v) is 4.36.